The molecule has 0 heterocycles. The molecule has 0 bridgehead atoms. The van der Waals surface area contributed by atoms with E-state index < -0.39 is 10.8 Å². The van der Waals surface area contributed by atoms with Gasteiger partial charge >= 0.3 is 11.9 Å². The van der Waals surface area contributed by atoms with Crippen LogP contribution in [-0.2, 0) is 19.1 Å². The predicted molar refractivity (Wildman–Crippen MR) is 101 cm³/mol. The van der Waals surface area contributed by atoms with Crippen LogP contribution < -0.4 is 0 Å². The number of ether oxygens (including phenoxy) is 2. The Hall–Kier alpha value is -2.10. The van der Waals surface area contributed by atoms with Gasteiger partial charge in [-0.25, -0.2) is 0 Å². The van der Waals surface area contributed by atoms with Gasteiger partial charge in [0.2, 0.25) is 0 Å². The molecule has 1 aromatic rings. The SMILES string of the molecule is CC(C)(C)C(=O)OC1=CCCC(OC(=O)C(C)(C)C)C1c1ccccc1. The highest BCUT2D eigenvalue weighted by molar-refractivity contribution is 5.77. The van der Waals surface area contributed by atoms with Crippen molar-refractivity contribution >= 4 is 11.9 Å². The van der Waals surface area contributed by atoms with E-state index in [0.717, 1.165) is 5.56 Å². The average Bonchev–Trinajstić information content (AvgIpc) is 2.54. The minimum Gasteiger partial charge on any atom is -0.461 e. The zero-order chi connectivity index (χ0) is 19.5. The predicted octanol–water partition coefficient (Wildman–Crippen LogP) is 5.00. The lowest BCUT2D eigenvalue weighted by molar-refractivity contribution is -0.161. The zero-order valence-corrected chi connectivity index (χ0v) is 16.7. The Morgan fingerprint density at radius 2 is 1.50 bits per heavy atom. The Labute approximate surface area is 156 Å². The summed E-state index contributed by atoms with van der Waals surface area (Å²) in [6.45, 7) is 11.0. The van der Waals surface area contributed by atoms with Gasteiger partial charge in [-0.1, -0.05) is 30.3 Å². The quantitative estimate of drug-likeness (QED) is 0.714. The van der Waals surface area contributed by atoms with Gasteiger partial charge in [0, 0.05) is 0 Å². The van der Waals surface area contributed by atoms with Crippen molar-refractivity contribution in [3.05, 3.63) is 47.7 Å². The topological polar surface area (TPSA) is 52.6 Å². The largest absolute Gasteiger partial charge is 0.461 e. The highest BCUT2D eigenvalue weighted by Gasteiger charge is 2.38. The number of esters is 2. The minimum absolute atomic E-state index is 0.244. The van der Waals surface area contributed by atoms with Gasteiger partial charge in [-0.15, -0.1) is 0 Å². The Morgan fingerprint density at radius 3 is 2.04 bits per heavy atom. The zero-order valence-electron chi connectivity index (χ0n) is 16.7. The summed E-state index contributed by atoms with van der Waals surface area (Å²) >= 11 is 0. The molecule has 1 aromatic carbocycles. The van der Waals surface area contributed by atoms with Crippen molar-refractivity contribution in [3.8, 4) is 0 Å². The molecule has 0 spiro atoms. The van der Waals surface area contributed by atoms with Crippen molar-refractivity contribution < 1.29 is 19.1 Å². The number of rotatable bonds is 3. The highest BCUT2D eigenvalue weighted by Crippen LogP contribution is 2.38. The standard InChI is InChI=1S/C22H30O4/c1-21(2,3)19(23)25-16-13-10-14-17(26-20(24)22(4,5)6)18(16)15-11-8-7-9-12-15/h7-9,11-13,17-18H,10,14H2,1-6H3. The molecule has 0 aromatic heterocycles. The van der Waals surface area contributed by atoms with Gasteiger partial charge in [-0.3, -0.25) is 9.59 Å². The van der Waals surface area contributed by atoms with Crippen LogP contribution >= 0.6 is 0 Å². The van der Waals surface area contributed by atoms with Crippen LogP contribution in [0.4, 0.5) is 0 Å². The van der Waals surface area contributed by atoms with Gasteiger partial charge < -0.3 is 9.47 Å². The third kappa shape index (κ3) is 4.96. The lowest BCUT2D eigenvalue weighted by Gasteiger charge is -2.34. The van der Waals surface area contributed by atoms with Crippen LogP contribution in [0.1, 0.15) is 65.9 Å². The molecule has 0 saturated carbocycles. The number of hydrogen-bond donors (Lipinski definition) is 0. The molecule has 0 radical (unpaired) electrons. The van der Waals surface area contributed by atoms with Crippen molar-refractivity contribution in [1.29, 1.82) is 0 Å². The second-order valence-corrected chi connectivity index (χ2v) is 8.91. The monoisotopic (exact) mass is 358 g/mol. The van der Waals surface area contributed by atoms with E-state index in [-0.39, 0.29) is 24.0 Å². The van der Waals surface area contributed by atoms with Crippen molar-refractivity contribution in [2.24, 2.45) is 10.8 Å². The summed E-state index contributed by atoms with van der Waals surface area (Å²) in [7, 11) is 0. The minimum atomic E-state index is -0.600. The van der Waals surface area contributed by atoms with Gasteiger partial charge in [0.05, 0.1) is 16.7 Å². The van der Waals surface area contributed by atoms with E-state index >= 15 is 0 Å². The maximum absolute atomic E-state index is 12.4. The van der Waals surface area contributed by atoms with Crippen LogP contribution in [0.15, 0.2) is 42.2 Å². The third-order valence-corrected chi connectivity index (χ3v) is 4.33. The Morgan fingerprint density at radius 1 is 0.923 bits per heavy atom. The second kappa shape index (κ2) is 7.65. The third-order valence-electron chi connectivity index (χ3n) is 4.33. The highest BCUT2D eigenvalue weighted by atomic mass is 16.6. The molecule has 2 unspecified atom stereocenters. The number of carbonyl (C=O) groups is 2. The summed E-state index contributed by atoms with van der Waals surface area (Å²) in [6, 6.07) is 9.78. The molecule has 1 aliphatic rings. The second-order valence-electron chi connectivity index (χ2n) is 8.91. The molecule has 0 saturated heterocycles. The molecule has 2 atom stereocenters. The first-order valence-corrected chi connectivity index (χ1v) is 9.18. The first kappa shape index (κ1) is 20.2. The first-order valence-electron chi connectivity index (χ1n) is 9.18. The summed E-state index contributed by atoms with van der Waals surface area (Å²) in [6.07, 6.45) is 3.01. The fourth-order valence-electron chi connectivity index (χ4n) is 2.71. The van der Waals surface area contributed by atoms with Gasteiger partial charge in [0.15, 0.2) is 0 Å². The van der Waals surface area contributed by atoms with E-state index in [9.17, 15) is 9.59 Å². The molecular formula is C22H30O4. The van der Waals surface area contributed by atoms with Crippen molar-refractivity contribution in [2.75, 3.05) is 0 Å². The smallest absolute Gasteiger partial charge is 0.316 e. The molecule has 142 valence electrons. The van der Waals surface area contributed by atoms with Crippen molar-refractivity contribution in [2.45, 2.75) is 66.4 Å². The molecular weight excluding hydrogens is 328 g/mol. The summed E-state index contributed by atoms with van der Waals surface area (Å²) in [5.74, 6) is -0.226. The summed E-state index contributed by atoms with van der Waals surface area (Å²) < 4.78 is 11.6. The van der Waals surface area contributed by atoms with Crippen molar-refractivity contribution in [1.82, 2.24) is 0 Å². The van der Waals surface area contributed by atoms with Gasteiger partial charge in [0.25, 0.3) is 0 Å². The summed E-state index contributed by atoms with van der Waals surface area (Å²) in [5, 5.41) is 0. The Balaban J connectivity index is 2.33. The van der Waals surface area contributed by atoms with Crippen LogP contribution in [-0.4, -0.2) is 18.0 Å². The molecule has 0 aliphatic heterocycles. The van der Waals surface area contributed by atoms with Gasteiger partial charge in [0.1, 0.15) is 11.9 Å². The molecule has 0 amide bonds. The lowest BCUT2D eigenvalue weighted by Crippen LogP contribution is -2.35. The Kier molecular flexibility index (Phi) is 5.94. The summed E-state index contributed by atoms with van der Waals surface area (Å²) in [4.78, 5) is 24.9. The van der Waals surface area contributed by atoms with Crippen LogP contribution in [0.5, 0.6) is 0 Å². The molecule has 0 N–H and O–H groups in total. The van der Waals surface area contributed by atoms with E-state index in [4.69, 9.17) is 9.47 Å². The number of carbonyl (C=O) groups excluding carboxylic acids is 2. The first-order chi connectivity index (χ1) is 12.0. The maximum atomic E-state index is 12.4. The number of hydrogen-bond acceptors (Lipinski definition) is 4. The van der Waals surface area contributed by atoms with E-state index in [1.54, 1.807) is 0 Å². The molecule has 2 rings (SSSR count). The van der Waals surface area contributed by atoms with E-state index in [1.807, 2.05) is 78.0 Å². The van der Waals surface area contributed by atoms with Gasteiger partial charge in [-0.05, 0) is 66.0 Å². The van der Waals surface area contributed by atoms with E-state index in [1.165, 1.54) is 0 Å². The van der Waals surface area contributed by atoms with Gasteiger partial charge in [-0.2, -0.15) is 0 Å². The van der Waals surface area contributed by atoms with Crippen molar-refractivity contribution in [3.63, 3.8) is 0 Å². The van der Waals surface area contributed by atoms with E-state index in [0.29, 0.717) is 18.6 Å². The van der Waals surface area contributed by atoms with Crippen LogP contribution in [0, 0.1) is 10.8 Å². The fourth-order valence-corrected chi connectivity index (χ4v) is 2.71. The lowest BCUT2D eigenvalue weighted by atomic mass is 9.84. The number of allylic oxidation sites excluding steroid dienone is 1. The number of benzene rings is 1. The summed E-state index contributed by atoms with van der Waals surface area (Å²) in [5.41, 5.74) is -0.200. The Bertz CT molecular complexity index is 674. The van der Waals surface area contributed by atoms with Crippen LogP contribution in [0.3, 0.4) is 0 Å². The molecule has 4 heteroatoms. The fraction of sp³-hybridized carbons (Fsp3) is 0.545. The normalized spacial score (nSPS) is 20.9. The van der Waals surface area contributed by atoms with Crippen LogP contribution in [0.25, 0.3) is 0 Å². The maximum Gasteiger partial charge on any atom is 0.316 e. The molecule has 1 aliphatic carbocycles. The van der Waals surface area contributed by atoms with E-state index in [2.05, 4.69) is 0 Å². The van der Waals surface area contributed by atoms with Crippen LogP contribution in [0.2, 0.25) is 0 Å². The molecule has 26 heavy (non-hydrogen) atoms. The molecule has 0 fully saturated rings. The molecule has 4 nitrogen and oxygen atoms in total. The average molecular weight is 358 g/mol.